The van der Waals surface area contributed by atoms with Gasteiger partial charge in [0.2, 0.25) is 0 Å². The Labute approximate surface area is 61.0 Å². The Morgan fingerprint density at radius 1 is 1.40 bits per heavy atom. The van der Waals surface area contributed by atoms with Crippen molar-refractivity contribution in [2.24, 2.45) is 5.92 Å². The third-order valence-electron chi connectivity index (χ3n) is 2.86. The Kier molecular flexibility index (Phi) is 1.44. The summed E-state index contributed by atoms with van der Waals surface area (Å²) in [7, 11) is 0. The fourth-order valence-electron chi connectivity index (χ4n) is 2.26. The fraction of sp³-hybridized carbons (Fsp3) is 1.00. The maximum absolute atomic E-state index is 13.2. The molecule has 0 aromatic heterocycles. The topological polar surface area (TPSA) is 12.0 Å². The number of fused-ring (bicyclic) bond motifs is 2. The van der Waals surface area contributed by atoms with E-state index in [1.807, 2.05) is 6.92 Å². The molecule has 2 aliphatic rings. The van der Waals surface area contributed by atoms with Crippen LogP contribution in [0.2, 0.25) is 0 Å². The molecule has 1 nitrogen and oxygen atoms in total. The minimum atomic E-state index is -0.584. The van der Waals surface area contributed by atoms with Crippen LogP contribution in [-0.4, -0.2) is 18.3 Å². The highest BCUT2D eigenvalue weighted by Crippen LogP contribution is 2.32. The normalized spacial score (nSPS) is 53.4. The van der Waals surface area contributed by atoms with Crippen molar-refractivity contribution in [3.05, 3.63) is 0 Å². The van der Waals surface area contributed by atoms with E-state index in [0.717, 1.165) is 12.8 Å². The lowest BCUT2D eigenvalue weighted by molar-refractivity contribution is 0.145. The molecule has 0 saturated carbocycles. The third kappa shape index (κ3) is 0.858. The second-order valence-corrected chi connectivity index (χ2v) is 3.70. The molecule has 2 fully saturated rings. The number of piperidine rings is 1. The first kappa shape index (κ1) is 6.59. The maximum Gasteiger partial charge on any atom is 0.118 e. The van der Waals surface area contributed by atoms with Crippen LogP contribution in [0.25, 0.3) is 0 Å². The van der Waals surface area contributed by atoms with E-state index in [1.54, 1.807) is 0 Å². The van der Waals surface area contributed by atoms with Crippen LogP contribution in [0.15, 0.2) is 0 Å². The van der Waals surface area contributed by atoms with Crippen molar-refractivity contribution >= 4 is 0 Å². The molecule has 2 heterocycles. The van der Waals surface area contributed by atoms with Gasteiger partial charge in [-0.2, -0.15) is 0 Å². The number of nitrogens with one attached hydrogen (secondary N) is 1. The molecular formula is C8H14FN. The van der Waals surface area contributed by atoms with Crippen molar-refractivity contribution in [3.8, 4) is 0 Å². The molecule has 2 rings (SSSR count). The van der Waals surface area contributed by atoms with Gasteiger partial charge in [-0.25, -0.2) is 4.39 Å². The lowest BCUT2D eigenvalue weighted by atomic mass is 9.93. The minimum absolute atomic E-state index is 0.189. The highest BCUT2D eigenvalue weighted by molar-refractivity contribution is 4.96. The SMILES string of the molecule is C[C@@H]1C[C@H]2CC[C@H](N2)[C@@H]1F. The van der Waals surface area contributed by atoms with E-state index in [9.17, 15) is 4.39 Å². The van der Waals surface area contributed by atoms with Crippen LogP contribution in [0.1, 0.15) is 26.2 Å². The molecule has 0 unspecified atom stereocenters. The van der Waals surface area contributed by atoms with Crippen molar-refractivity contribution in [2.45, 2.75) is 44.4 Å². The van der Waals surface area contributed by atoms with Gasteiger partial charge < -0.3 is 5.32 Å². The molecular weight excluding hydrogens is 129 g/mol. The third-order valence-corrected chi connectivity index (χ3v) is 2.86. The van der Waals surface area contributed by atoms with Crippen molar-refractivity contribution in [3.63, 3.8) is 0 Å². The number of hydrogen-bond donors (Lipinski definition) is 1. The largest absolute Gasteiger partial charge is 0.308 e. The van der Waals surface area contributed by atoms with Crippen LogP contribution in [0.5, 0.6) is 0 Å². The second kappa shape index (κ2) is 2.19. The molecule has 58 valence electrons. The van der Waals surface area contributed by atoms with Gasteiger partial charge in [-0.05, 0) is 25.2 Å². The van der Waals surface area contributed by atoms with E-state index >= 15 is 0 Å². The molecule has 0 spiro atoms. The van der Waals surface area contributed by atoms with Gasteiger partial charge in [0.05, 0.1) is 0 Å². The average Bonchev–Trinajstić information content (AvgIpc) is 2.29. The number of halogens is 1. The standard InChI is InChI=1S/C8H14FN/c1-5-4-6-2-3-7(10-6)8(5)9/h5-8,10H,2-4H2,1H3/t5-,6-,7+,8-/m1/s1. The summed E-state index contributed by atoms with van der Waals surface area (Å²) in [4.78, 5) is 0. The van der Waals surface area contributed by atoms with E-state index in [4.69, 9.17) is 0 Å². The smallest absolute Gasteiger partial charge is 0.118 e. The molecule has 4 atom stereocenters. The Morgan fingerprint density at radius 2 is 2.20 bits per heavy atom. The highest BCUT2D eigenvalue weighted by Gasteiger charge is 2.39. The predicted octanol–water partition coefficient (Wildman–Crippen LogP) is 1.48. The first-order valence-corrected chi connectivity index (χ1v) is 4.17. The molecule has 2 bridgehead atoms. The molecule has 0 aromatic carbocycles. The molecule has 10 heavy (non-hydrogen) atoms. The highest BCUT2D eigenvalue weighted by atomic mass is 19.1. The van der Waals surface area contributed by atoms with Crippen LogP contribution in [0, 0.1) is 5.92 Å². The van der Waals surface area contributed by atoms with Gasteiger partial charge in [-0.15, -0.1) is 0 Å². The summed E-state index contributed by atoms with van der Waals surface area (Å²) in [6.07, 6.45) is 2.70. The lowest BCUT2D eigenvalue weighted by Crippen LogP contribution is -2.45. The quantitative estimate of drug-likeness (QED) is 0.541. The van der Waals surface area contributed by atoms with Gasteiger partial charge in [0.15, 0.2) is 0 Å². The Morgan fingerprint density at radius 3 is 3.00 bits per heavy atom. The molecule has 0 amide bonds. The van der Waals surface area contributed by atoms with Crippen LogP contribution < -0.4 is 5.32 Å². The average molecular weight is 143 g/mol. The van der Waals surface area contributed by atoms with Gasteiger partial charge in [-0.3, -0.25) is 0 Å². The van der Waals surface area contributed by atoms with Crippen LogP contribution in [0.3, 0.4) is 0 Å². The number of hydrogen-bond acceptors (Lipinski definition) is 1. The summed E-state index contributed by atoms with van der Waals surface area (Å²) in [6.45, 7) is 2.02. The zero-order valence-electron chi connectivity index (χ0n) is 6.31. The van der Waals surface area contributed by atoms with Crippen molar-refractivity contribution < 1.29 is 4.39 Å². The zero-order valence-corrected chi connectivity index (χ0v) is 6.31. The van der Waals surface area contributed by atoms with E-state index in [1.165, 1.54) is 6.42 Å². The first-order valence-electron chi connectivity index (χ1n) is 4.17. The van der Waals surface area contributed by atoms with Crippen molar-refractivity contribution in [1.82, 2.24) is 5.32 Å². The van der Waals surface area contributed by atoms with Gasteiger partial charge in [0.1, 0.15) is 6.17 Å². The summed E-state index contributed by atoms with van der Waals surface area (Å²) < 4.78 is 13.2. The molecule has 2 heteroatoms. The Bertz CT molecular complexity index is 137. The number of rotatable bonds is 0. The Hall–Kier alpha value is -0.110. The Balaban J connectivity index is 2.09. The number of alkyl halides is 1. The van der Waals surface area contributed by atoms with Gasteiger partial charge >= 0.3 is 0 Å². The van der Waals surface area contributed by atoms with E-state index in [-0.39, 0.29) is 6.04 Å². The first-order chi connectivity index (χ1) is 4.77. The molecule has 0 aliphatic carbocycles. The molecule has 0 radical (unpaired) electrons. The summed E-state index contributed by atoms with van der Waals surface area (Å²) in [5, 5.41) is 3.30. The molecule has 2 saturated heterocycles. The molecule has 2 aliphatic heterocycles. The summed E-state index contributed by atoms with van der Waals surface area (Å²) in [5.41, 5.74) is 0. The molecule has 1 N–H and O–H groups in total. The van der Waals surface area contributed by atoms with Crippen molar-refractivity contribution in [1.29, 1.82) is 0 Å². The summed E-state index contributed by atoms with van der Waals surface area (Å²) in [5.74, 6) is 0.291. The monoisotopic (exact) mass is 143 g/mol. The summed E-state index contributed by atoms with van der Waals surface area (Å²) >= 11 is 0. The van der Waals surface area contributed by atoms with E-state index in [0.29, 0.717) is 12.0 Å². The van der Waals surface area contributed by atoms with Gasteiger partial charge in [-0.1, -0.05) is 6.92 Å². The van der Waals surface area contributed by atoms with E-state index < -0.39 is 6.17 Å². The fourth-order valence-corrected chi connectivity index (χ4v) is 2.26. The minimum Gasteiger partial charge on any atom is -0.308 e. The molecule has 0 aromatic rings. The van der Waals surface area contributed by atoms with Gasteiger partial charge in [0, 0.05) is 12.1 Å². The van der Waals surface area contributed by atoms with Crippen LogP contribution >= 0.6 is 0 Å². The van der Waals surface area contributed by atoms with Crippen LogP contribution in [-0.2, 0) is 0 Å². The second-order valence-electron chi connectivity index (χ2n) is 3.70. The predicted molar refractivity (Wildman–Crippen MR) is 38.6 cm³/mol. The van der Waals surface area contributed by atoms with Gasteiger partial charge in [0.25, 0.3) is 0 Å². The maximum atomic E-state index is 13.2. The van der Waals surface area contributed by atoms with Crippen molar-refractivity contribution in [2.75, 3.05) is 0 Å². The summed E-state index contributed by atoms with van der Waals surface area (Å²) in [6, 6.07) is 0.820. The van der Waals surface area contributed by atoms with E-state index in [2.05, 4.69) is 5.32 Å². The lowest BCUT2D eigenvalue weighted by Gasteiger charge is -2.30. The van der Waals surface area contributed by atoms with Crippen LogP contribution in [0.4, 0.5) is 4.39 Å². The zero-order chi connectivity index (χ0) is 7.14.